The van der Waals surface area contributed by atoms with E-state index in [0.717, 1.165) is 13.2 Å². The van der Waals surface area contributed by atoms with E-state index < -0.39 is 29.1 Å². The van der Waals surface area contributed by atoms with Gasteiger partial charge in [-0.05, 0) is 6.07 Å². The first-order valence-corrected chi connectivity index (χ1v) is 5.07. The largest absolute Gasteiger partial charge is 0.465 e. The molecule has 0 aliphatic rings. The van der Waals surface area contributed by atoms with Gasteiger partial charge in [-0.2, -0.15) is 0 Å². The van der Waals surface area contributed by atoms with E-state index >= 15 is 0 Å². The highest BCUT2D eigenvalue weighted by molar-refractivity contribution is 5.94. The molecule has 0 unspecified atom stereocenters. The van der Waals surface area contributed by atoms with Crippen LogP contribution in [0.2, 0.25) is 0 Å². The molecule has 18 heavy (non-hydrogen) atoms. The van der Waals surface area contributed by atoms with E-state index in [1.807, 2.05) is 0 Å². The third-order valence-corrected chi connectivity index (χ3v) is 2.11. The fourth-order valence-electron chi connectivity index (χ4n) is 1.25. The van der Waals surface area contributed by atoms with E-state index in [0.29, 0.717) is 6.07 Å². The van der Waals surface area contributed by atoms with Crippen LogP contribution in [-0.2, 0) is 9.53 Å². The van der Waals surface area contributed by atoms with E-state index in [2.05, 4.69) is 10.1 Å². The summed E-state index contributed by atoms with van der Waals surface area (Å²) in [5.41, 5.74) is 4.40. The predicted octanol–water partition coefficient (Wildman–Crippen LogP) is 1.04. The summed E-state index contributed by atoms with van der Waals surface area (Å²) in [5.74, 6) is -3.53. The Kier molecular flexibility index (Phi) is 4.73. The zero-order valence-corrected chi connectivity index (χ0v) is 9.63. The number of carbonyl (C=O) groups is 2. The number of nitrogens with one attached hydrogen (secondary N) is 1. The van der Waals surface area contributed by atoms with Gasteiger partial charge in [0.15, 0.2) is 0 Å². The second-order valence-corrected chi connectivity index (χ2v) is 3.39. The molecule has 1 rings (SSSR count). The molecule has 5 nitrogen and oxygen atoms in total. The Balaban J connectivity index is 3.05. The van der Waals surface area contributed by atoms with Crippen molar-refractivity contribution < 1.29 is 23.1 Å². The summed E-state index contributed by atoms with van der Waals surface area (Å²) in [6, 6.07) is 1.38. The van der Waals surface area contributed by atoms with Crippen molar-refractivity contribution in [2.75, 3.05) is 19.0 Å². The van der Waals surface area contributed by atoms with Crippen LogP contribution in [0.5, 0.6) is 0 Å². The average molecular weight is 258 g/mol. The molecule has 0 heterocycles. The van der Waals surface area contributed by atoms with Crippen molar-refractivity contribution in [3.8, 4) is 0 Å². The van der Waals surface area contributed by atoms with Crippen LogP contribution in [0.25, 0.3) is 0 Å². The van der Waals surface area contributed by atoms with Gasteiger partial charge in [-0.15, -0.1) is 0 Å². The minimum atomic E-state index is -1.06. The van der Waals surface area contributed by atoms with Crippen LogP contribution in [0, 0.1) is 11.6 Å². The number of hydrogen-bond acceptors (Lipinski definition) is 4. The molecule has 1 amide bonds. The lowest BCUT2D eigenvalue weighted by molar-refractivity contribution is -0.116. The number of benzene rings is 1. The monoisotopic (exact) mass is 258 g/mol. The average Bonchev–Trinajstić information content (AvgIpc) is 2.32. The van der Waals surface area contributed by atoms with Gasteiger partial charge in [-0.3, -0.25) is 4.79 Å². The number of ether oxygens (including phenoxy) is 1. The first-order valence-electron chi connectivity index (χ1n) is 5.07. The number of esters is 1. The Morgan fingerprint density at radius 2 is 2.00 bits per heavy atom. The van der Waals surface area contributed by atoms with Gasteiger partial charge >= 0.3 is 5.97 Å². The number of methoxy groups -OCH3 is 1. The van der Waals surface area contributed by atoms with Crippen molar-refractivity contribution in [1.82, 2.24) is 0 Å². The molecule has 0 atom stereocenters. The van der Waals surface area contributed by atoms with Gasteiger partial charge in [0.1, 0.15) is 11.6 Å². The van der Waals surface area contributed by atoms with Crippen LogP contribution in [0.1, 0.15) is 16.8 Å². The lowest BCUT2D eigenvalue weighted by Gasteiger charge is -2.08. The van der Waals surface area contributed by atoms with E-state index in [-0.39, 0.29) is 18.7 Å². The number of nitrogens with two attached hydrogens (primary N) is 1. The van der Waals surface area contributed by atoms with Crippen LogP contribution in [0.4, 0.5) is 14.5 Å². The molecule has 1 aromatic rings. The SMILES string of the molecule is COC(=O)c1cc(NC(=O)CCN)c(F)cc1F. The van der Waals surface area contributed by atoms with E-state index in [1.165, 1.54) is 0 Å². The highest BCUT2D eigenvalue weighted by atomic mass is 19.1. The summed E-state index contributed by atoms with van der Waals surface area (Å²) in [6.07, 6.45) is -0.00955. The van der Waals surface area contributed by atoms with Gasteiger partial charge in [0.05, 0.1) is 18.4 Å². The van der Waals surface area contributed by atoms with Crippen molar-refractivity contribution in [1.29, 1.82) is 0 Å². The van der Waals surface area contributed by atoms with Crippen LogP contribution >= 0.6 is 0 Å². The first kappa shape index (κ1) is 14.0. The van der Waals surface area contributed by atoms with Crippen molar-refractivity contribution in [3.63, 3.8) is 0 Å². The van der Waals surface area contributed by atoms with Gasteiger partial charge in [0, 0.05) is 19.0 Å². The van der Waals surface area contributed by atoms with Gasteiger partial charge < -0.3 is 15.8 Å². The summed E-state index contributed by atoms with van der Waals surface area (Å²) in [4.78, 5) is 22.4. The second-order valence-electron chi connectivity index (χ2n) is 3.39. The number of halogens is 2. The number of hydrogen-bond donors (Lipinski definition) is 2. The normalized spacial score (nSPS) is 10.0. The summed E-state index contributed by atoms with van der Waals surface area (Å²) >= 11 is 0. The second kappa shape index (κ2) is 6.06. The maximum Gasteiger partial charge on any atom is 0.340 e. The predicted molar refractivity (Wildman–Crippen MR) is 60.0 cm³/mol. The molecule has 0 saturated carbocycles. The van der Waals surface area contributed by atoms with E-state index in [9.17, 15) is 18.4 Å². The first-order chi connectivity index (χ1) is 8.49. The quantitative estimate of drug-likeness (QED) is 0.790. The fourth-order valence-corrected chi connectivity index (χ4v) is 1.25. The third kappa shape index (κ3) is 3.24. The Morgan fingerprint density at radius 1 is 1.33 bits per heavy atom. The summed E-state index contributed by atoms with van der Waals surface area (Å²) in [5, 5.41) is 2.19. The van der Waals surface area contributed by atoms with E-state index in [1.54, 1.807) is 0 Å². The van der Waals surface area contributed by atoms with Gasteiger partial charge in [-0.1, -0.05) is 0 Å². The van der Waals surface area contributed by atoms with Crippen LogP contribution < -0.4 is 11.1 Å². The van der Waals surface area contributed by atoms with Crippen LogP contribution in [-0.4, -0.2) is 25.5 Å². The molecule has 0 aliphatic carbocycles. The lowest BCUT2D eigenvalue weighted by atomic mass is 10.1. The van der Waals surface area contributed by atoms with Crippen molar-refractivity contribution in [2.45, 2.75) is 6.42 Å². The van der Waals surface area contributed by atoms with Crippen molar-refractivity contribution >= 4 is 17.6 Å². The molecule has 98 valence electrons. The Bertz CT molecular complexity index is 478. The Hall–Kier alpha value is -2.02. The van der Waals surface area contributed by atoms with Gasteiger partial charge in [0.25, 0.3) is 0 Å². The molecule has 3 N–H and O–H groups in total. The zero-order chi connectivity index (χ0) is 13.7. The summed E-state index contributed by atoms with van der Waals surface area (Å²) in [6.45, 7) is 0.0957. The zero-order valence-electron chi connectivity index (χ0n) is 9.63. The number of rotatable bonds is 4. The molecule has 0 radical (unpaired) electrons. The molecule has 1 aromatic carbocycles. The van der Waals surface area contributed by atoms with Crippen LogP contribution in [0.3, 0.4) is 0 Å². The Morgan fingerprint density at radius 3 is 2.56 bits per heavy atom. The number of anilines is 1. The minimum Gasteiger partial charge on any atom is -0.465 e. The maximum absolute atomic E-state index is 13.4. The highest BCUT2D eigenvalue weighted by Gasteiger charge is 2.17. The van der Waals surface area contributed by atoms with E-state index in [4.69, 9.17) is 5.73 Å². The standard InChI is InChI=1S/C11H12F2N2O3/c1-18-11(17)6-4-9(8(13)5-7(6)12)15-10(16)2-3-14/h4-5H,2-3,14H2,1H3,(H,15,16). The van der Waals surface area contributed by atoms with Crippen molar-refractivity contribution in [3.05, 3.63) is 29.3 Å². The van der Waals surface area contributed by atoms with Gasteiger partial charge in [0.2, 0.25) is 5.91 Å². The number of carbonyl (C=O) groups excluding carboxylic acids is 2. The topological polar surface area (TPSA) is 81.4 Å². The fraction of sp³-hybridized carbons (Fsp3) is 0.273. The molecule has 0 bridgehead atoms. The van der Waals surface area contributed by atoms with Crippen LogP contribution in [0.15, 0.2) is 12.1 Å². The summed E-state index contributed by atoms with van der Waals surface area (Å²) in [7, 11) is 1.07. The van der Waals surface area contributed by atoms with Crippen molar-refractivity contribution in [2.24, 2.45) is 5.73 Å². The molecule has 0 aliphatic heterocycles. The maximum atomic E-state index is 13.4. The van der Waals surface area contributed by atoms with Gasteiger partial charge in [-0.25, -0.2) is 13.6 Å². The molecule has 0 fully saturated rings. The summed E-state index contributed by atoms with van der Waals surface area (Å²) < 4.78 is 31.0. The third-order valence-electron chi connectivity index (χ3n) is 2.11. The molecule has 0 saturated heterocycles. The molecule has 0 spiro atoms. The molecular formula is C11H12F2N2O3. The highest BCUT2D eigenvalue weighted by Crippen LogP contribution is 2.20. The smallest absolute Gasteiger partial charge is 0.340 e. The molecular weight excluding hydrogens is 246 g/mol. The number of amides is 1. The Labute approximate surface area is 102 Å². The minimum absolute atomic E-state index is 0.00955. The lowest BCUT2D eigenvalue weighted by Crippen LogP contribution is -2.17. The molecule has 7 heteroatoms. The molecule has 0 aromatic heterocycles.